The van der Waals surface area contributed by atoms with E-state index in [9.17, 15) is 13.6 Å². The normalized spacial score (nSPS) is 21.6. The molecule has 196 valence electrons. The zero-order valence-electron chi connectivity index (χ0n) is 21.1. The van der Waals surface area contributed by atoms with E-state index in [0.717, 1.165) is 25.0 Å². The first kappa shape index (κ1) is 26.1. The Bertz CT molecular complexity index is 1030. The third-order valence-electron chi connectivity index (χ3n) is 7.07. The summed E-state index contributed by atoms with van der Waals surface area (Å²) < 4.78 is 39.1. The molecule has 3 atom stereocenters. The number of carbonyl (C=O) groups is 1. The molecule has 0 unspecified atom stereocenters. The molecule has 4 rings (SSSR count). The molecule has 10 heteroatoms. The third kappa shape index (κ3) is 6.21. The summed E-state index contributed by atoms with van der Waals surface area (Å²) in [6.07, 6.45) is 4.72. The molecule has 2 aliphatic heterocycles. The van der Waals surface area contributed by atoms with E-state index in [0.29, 0.717) is 56.3 Å². The van der Waals surface area contributed by atoms with Crippen molar-refractivity contribution in [1.82, 2.24) is 14.9 Å². The summed E-state index contributed by atoms with van der Waals surface area (Å²) in [6.45, 7) is 8.62. The van der Waals surface area contributed by atoms with Crippen molar-refractivity contribution in [2.24, 2.45) is 17.6 Å². The molecule has 2 aromatic rings. The highest BCUT2D eigenvalue weighted by molar-refractivity contribution is 5.67. The van der Waals surface area contributed by atoms with Crippen LogP contribution in [0.25, 0.3) is 0 Å². The zero-order chi connectivity index (χ0) is 25.8. The summed E-state index contributed by atoms with van der Waals surface area (Å²) >= 11 is 0. The van der Waals surface area contributed by atoms with Gasteiger partial charge in [-0.3, -0.25) is 0 Å². The first-order chi connectivity index (χ1) is 17.2. The highest BCUT2D eigenvalue weighted by Gasteiger charge is 2.34. The Morgan fingerprint density at radius 2 is 1.83 bits per heavy atom. The molecule has 2 fully saturated rings. The molecule has 2 aliphatic rings. The number of nitrogens with two attached hydrogens (primary N) is 1. The van der Waals surface area contributed by atoms with Crippen LogP contribution in [-0.2, 0) is 4.74 Å². The molecule has 1 amide bonds. The Labute approximate surface area is 210 Å². The largest absolute Gasteiger partial charge is 0.490 e. The number of piperidine rings is 1. The van der Waals surface area contributed by atoms with Gasteiger partial charge in [-0.25, -0.2) is 23.5 Å². The van der Waals surface area contributed by atoms with Crippen LogP contribution in [0.15, 0.2) is 30.6 Å². The first-order valence-electron chi connectivity index (χ1n) is 12.6. The number of ether oxygens (including phenoxy) is 2. The number of halogens is 2. The second-order valence-electron chi connectivity index (χ2n) is 10.1. The van der Waals surface area contributed by atoms with Crippen LogP contribution in [0.3, 0.4) is 0 Å². The van der Waals surface area contributed by atoms with Gasteiger partial charge in [0, 0.05) is 38.1 Å². The van der Waals surface area contributed by atoms with E-state index >= 15 is 0 Å². The molecule has 0 aliphatic carbocycles. The molecule has 8 nitrogen and oxygen atoms in total. The fourth-order valence-corrected chi connectivity index (χ4v) is 4.96. The summed E-state index contributed by atoms with van der Waals surface area (Å²) in [5, 5.41) is 0. The molecular formula is C26H35F2N5O3. The van der Waals surface area contributed by atoms with E-state index in [1.165, 1.54) is 6.07 Å². The van der Waals surface area contributed by atoms with Crippen molar-refractivity contribution in [3.63, 3.8) is 0 Å². The number of benzene rings is 1. The van der Waals surface area contributed by atoms with E-state index in [-0.39, 0.29) is 29.7 Å². The standard InChI is InChI=1S/C26H35F2N5O3/c1-16(2)36-26(34)32-8-6-18(7-9-32)17(3)15-35-20-11-30-25(31-12-20)33-13-22(24(29)14-33)21-10-19(27)4-5-23(21)28/h4-5,10-12,16-18,22,24H,6-9,13-15,29H2,1-3H3/t17-,22+,24-/m1/s1. The predicted molar refractivity (Wildman–Crippen MR) is 132 cm³/mol. The highest BCUT2D eigenvalue weighted by Crippen LogP contribution is 2.31. The number of hydrogen-bond donors (Lipinski definition) is 1. The van der Waals surface area contributed by atoms with Crippen LogP contribution in [0.5, 0.6) is 5.75 Å². The SMILES string of the molecule is CC(C)OC(=O)N1CCC([C@H](C)COc2cnc(N3C[C@@H](N)[C@H](c4cc(F)ccc4F)C3)nc2)CC1. The topological polar surface area (TPSA) is 93.8 Å². The molecule has 2 N–H and O–H groups in total. The number of nitrogens with zero attached hydrogens (tertiary/aromatic N) is 4. The summed E-state index contributed by atoms with van der Waals surface area (Å²) in [6, 6.07) is 3.09. The molecular weight excluding hydrogens is 468 g/mol. The van der Waals surface area contributed by atoms with Gasteiger partial charge < -0.3 is 25.0 Å². The van der Waals surface area contributed by atoms with Gasteiger partial charge in [0.2, 0.25) is 5.95 Å². The minimum absolute atomic E-state index is 0.115. The van der Waals surface area contributed by atoms with Gasteiger partial charge in [-0.15, -0.1) is 0 Å². The van der Waals surface area contributed by atoms with Crippen LogP contribution in [0.4, 0.5) is 19.5 Å². The average molecular weight is 504 g/mol. The van der Waals surface area contributed by atoms with Gasteiger partial charge in [-0.1, -0.05) is 6.92 Å². The Balaban J connectivity index is 1.26. The second kappa shape index (κ2) is 11.4. The molecule has 0 spiro atoms. The lowest BCUT2D eigenvalue weighted by Gasteiger charge is -2.34. The summed E-state index contributed by atoms with van der Waals surface area (Å²) in [5.74, 6) is 0.526. The average Bonchev–Trinajstić information content (AvgIpc) is 3.25. The predicted octanol–water partition coefficient (Wildman–Crippen LogP) is 3.96. The summed E-state index contributed by atoms with van der Waals surface area (Å²) in [4.78, 5) is 24.6. The van der Waals surface area contributed by atoms with Gasteiger partial charge in [0.25, 0.3) is 0 Å². The Morgan fingerprint density at radius 1 is 1.14 bits per heavy atom. The van der Waals surface area contributed by atoms with Gasteiger partial charge in [0.05, 0.1) is 25.1 Å². The van der Waals surface area contributed by atoms with Crippen LogP contribution in [0.1, 0.15) is 45.1 Å². The lowest BCUT2D eigenvalue weighted by Crippen LogP contribution is -2.41. The third-order valence-corrected chi connectivity index (χ3v) is 7.07. The van der Waals surface area contributed by atoms with E-state index in [1.807, 2.05) is 18.7 Å². The minimum atomic E-state index is -0.483. The Kier molecular flexibility index (Phi) is 8.23. The number of carbonyl (C=O) groups excluding carboxylic acids is 1. The van der Waals surface area contributed by atoms with Gasteiger partial charge >= 0.3 is 6.09 Å². The maximum absolute atomic E-state index is 14.3. The second-order valence-corrected chi connectivity index (χ2v) is 10.1. The molecule has 0 saturated carbocycles. The Morgan fingerprint density at radius 3 is 2.50 bits per heavy atom. The summed E-state index contributed by atoms with van der Waals surface area (Å²) in [5.41, 5.74) is 6.53. The fourth-order valence-electron chi connectivity index (χ4n) is 4.96. The van der Waals surface area contributed by atoms with Crippen molar-refractivity contribution in [3.8, 4) is 5.75 Å². The maximum atomic E-state index is 14.3. The number of hydrogen-bond acceptors (Lipinski definition) is 7. The zero-order valence-corrected chi connectivity index (χ0v) is 21.1. The van der Waals surface area contributed by atoms with E-state index in [2.05, 4.69) is 16.9 Å². The smallest absolute Gasteiger partial charge is 0.410 e. The first-order valence-corrected chi connectivity index (χ1v) is 12.6. The number of amides is 1. The van der Waals surface area contributed by atoms with Crippen molar-refractivity contribution in [3.05, 3.63) is 47.8 Å². The van der Waals surface area contributed by atoms with Crippen molar-refractivity contribution in [2.75, 3.05) is 37.7 Å². The summed E-state index contributed by atoms with van der Waals surface area (Å²) in [7, 11) is 0. The van der Waals surface area contributed by atoms with E-state index in [4.69, 9.17) is 15.2 Å². The maximum Gasteiger partial charge on any atom is 0.410 e. The molecule has 3 heterocycles. The van der Waals surface area contributed by atoms with Gasteiger partial charge in [0.1, 0.15) is 11.6 Å². The van der Waals surface area contributed by atoms with E-state index < -0.39 is 11.6 Å². The van der Waals surface area contributed by atoms with E-state index in [1.54, 1.807) is 17.3 Å². The lowest BCUT2D eigenvalue weighted by atomic mass is 9.86. The number of rotatable bonds is 7. The lowest BCUT2D eigenvalue weighted by molar-refractivity contribution is 0.0577. The Hall–Kier alpha value is -3.01. The molecule has 0 bridgehead atoms. The van der Waals surface area contributed by atoms with Gasteiger partial charge in [-0.2, -0.15) is 0 Å². The fraction of sp³-hybridized carbons (Fsp3) is 0.577. The van der Waals surface area contributed by atoms with Crippen LogP contribution in [-0.4, -0.2) is 65.9 Å². The van der Waals surface area contributed by atoms with Crippen LogP contribution in [0.2, 0.25) is 0 Å². The van der Waals surface area contributed by atoms with Crippen LogP contribution < -0.4 is 15.4 Å². The highest BCUT2D eigenvalue weighted by atomic mass is 19.1. The quantitative estimate of drug-likeness (QED) is 0.611. The number of likely N-dealkylation sites (tertiary alicyclic amines) is 1. The van der Waals surface area contributed by atoms with Crippen LogP contribution >= 0.6 is 0 Å². The molecule has 0 radical (unpaired) electrons. The van der Waals surface area contributed by atoms with Gasteiger partial charge in [-0.05, 0) is 62.3 Å². The molecule has 1 aromatic heterocycles. The van der Waals surface area contributed by atoms with Crippen molar-refractivity contribution in [1.29, 1.82) is 0 Å². The van der Waals surface area contributed by atoms with Crippen molar-refractivity contribution >= 4 is 12.0 Å². The minimum Gasteiger partial charge on any atom is -0.490 e. The van der Waals surface area contributed by atoms with Crippen molar-refractivity contribution < 1.29 is 23.0 Å². The number of anilines is 1. The molecule has 1 aromatic carbocycles. The molecule has 2 saturated heterocycles. The molecule has 36 heavy (non-hydrogen) atoms. The van der Waals surface area contributed by atoms with Gasteiger partial charge in [0.15, 0.2) is 5.75 Å². The van der Waals surface area contributed by atoms with Crippen molar-refractivity contribution in [2.45, 2.75) is 51.7 Å². The van der Waals surface area contributed by atoms with Crippen LogP contribution in [0, 0.1) is 23.5 Å². The monoisotopic (exact) mass is 503 g/mol. The number of aromatic nitrogens is 2.